The van der Waals surface area contributed by atoms with Gasteiger partial charge in [-0.2, -0.15) is 0 Å². The molecule has 0 aliphatic carbocycles. The highest BCUT2D eigenvalue weighted by atomic mass is 32.2. The molecule has 0 radical (unpaired) electrons. The quantitative estimate of drug-likeness (QED) is 0.185. The van der Waals surface area contributed by atoms with Crippen molar-refractivity contribution < 1.29 is 0 Å². The van der Waals surface area contributed by atoms with E-state index in [1.165, 1.54) is 32.9 Å². The van der Waals surface area contributed by atoms with E-state index in [0.717, 1.165) is 28.1 Å². The van der Waals surface area contributed by atoms with Gasteiger partial charge in [0, 0.05) is 40.1 Å². The third-order valence-corrected chi connectivity index (χ3v) is 8.00. The van der Waals surface area contributed by atoms with Crippen molar-refractivity contribution in [1.29, 1.82) is 0 Å². The van der Waals surface area contributed by atoms with Crippen molar-refractivity contribution in [3.8, 4) is 0 Å². The summed E-state index contributed by atoms with van der Waals surface area (Å²) in [5.41, 5.74) is 10.4. The summed E-state index contributed by atoms with van der Waals surface area (Å²) in [6.07, 6.45) is 10.5. The minimum atomic E-state index is 1.07. The van der Waals surface area contributed by atoms with Crippen molar-refractivity contribution in [3.63, 3.8) is 0 Å². The van der Waals surface area contributed by atoms with Gasteiger partial charge in [0.1, 0.15) is 0 Å². The van der Waals surface area contributed by atoms with Crippen LogP contribution in [0.5, 0.6) is 0 Å². The van der Waals surface area contributed by atoms with E-state index in [2.05, 4.69) is 143 Å². The van der Waals surface area contributed by atoms with Crippen LogP contribution in [0, 0.1) is 6.92 Å². The Kier molecular flexibility index (Phi) is 9.15. The number of fused-ring (bicyclic) bond motifs is 3. The van der Waals surface area contributed by atoms with Crippen LogP contribution in [0.15, 0.2) is 140 Å². The second-order valence-electron chi connectivity index (χ2n) is 9.90. The van der Waals surface area contributed by atoms with E-state index >= 15 is 0 Å². The topological polar surface area (TPSA) is 21.9 Å². The molecule has 0 aliphatic rings. The summed E-state index contributed by atoms with van der Waals surface area (Å²) in [5.74, 6) is 0. The van der Waals surface area contributed by atoms with Crippen molar-refractivity contribution in [2.75, 3.05) is 5.32 Å². The SMILES string of the molecule is C=C/C=C(\C=C(/C)c1ccccc1Nc1ccccc1)c1ccc2c(c1)c1ccccc1n2Sn1ccc(C)c1.CC. The number of nitrogens with zero attached hydrogens (tertiary/aromatic N) is 2. The second kappa shape index (κ2) is 13.3. The second-order valence-corrected chi connectivity index (χ2v) is 10.8. The first kappa shape index (κ1) is 28.8. The van der Waals surface area contributed by atoms with Crippen molar-refractivity contribution in [2.24, 2.45) is 0 Å². The molecule has 0 amide bonds. The van der Waals surface area contributed by atoms with Gasteiger partial charge in [-0.25, -0.2) is 0 Å². The smallest absolute Gasteiger partial charge is 0.0805 e. The number of hydrogen-bond acceptors (Lipinski definition) is 2. The average Bonchev–Trinajstić information content (AvgIpc) is 3.59. The Morgan fingerprint density at radius 1 is 0.810 bits per heavy atom. The van der Waals surface area contributed by atoms with Crippen LogP contribution in [-0.2, 0) is 0 Å². The molecule has 0 atom stereocenters. The summed E-state index contributed by atoms with van der Waals surface area (Å²) < 4.78 is 4.47. The number of rotatable bonds is 8. The van der Waals surface area contributed by atoms with E-state index in [1.807, 2.05) is 38.1 Å². The van der Waals surface area contributed by atoms with Gasteiger partial charge in [0.15, 0.2) is 0 Å². The number of allylic oxidation sites excluding steroid dienone is 5. The van der Waals surface area contributed by atoms with Gasteiger partial charge in [0.2, 0.25) is 0 Å². The molecule has 42 heavy (non-hydrogen) atoms. The lowest BCUT2D eigenvalue weighted by molar-refractivity contribution is 1.23. The molecule has 2 aromatic heterocycles. The van der Waals surface area contributed by atoms with Crippen LogP contribution in [0.1, 0.15) is 37.5 Å². The Bertz CT molecular complexity index is 1890. The molecule has 0 fully saturated rings. The molecule has 1 N–H and O–H groups in total. The first-order valence-corrected chi connectivity index (χ1v) is 15.1. The number of aryl methyl sites for hydroxylation is 1. The summed E-state index contributed by atoms with van der Waals surface area (Å²) in [6, 6.07) is 36.3. The average molecular weight is 568 g/mol. The van der Waals surface area contributed by atoms with Gasteiger partial charge in [-0.15, -0.1) is 0 Å². The van der Waals surface area contributed by atoms with Gasteiger partial charge in [0.25, 0.3) is 0 Å². The van der Waals surface area contributed by atoms with Crippen molar-refractivity contribution >= 4 is 56.5 Å². The number of nitrogens with one attached hydrogen (secondary N) is 1. The predicted octanol–water partition coefficient (Wildman–Crippen LogP) is 11.3. The molecule has 0 spiro atoms. The minimum Gasteiger partial charge on any atom is -0.355 e. The lowest BCUT2D eigenvalue weighted by Gasteiger charge is -2.14. The maximum atomic E-state index is 4.02. The highest BCUT2D eigenvalue weighted by Gasteiger charge is 2.14. The summed E-state index contributed by atoms with van der Waals surface area (Å²) in [6.45, 7) is 12.3. The summed E-state index contributed by atoms with van der Waals surface area (Å²) >= 11 is 1.69. The summed E-state index contributed by atoms with van der Waals surface area (Å²) in [4.78, 5) is 0. The normalized spacial score (nSPS) is 11.8. The van der Waals surface area contributed by atoms with Crippen LogP contribution in [-0.4, -0.2) is 7.94 Å². The minimum absolute atomic E-state index is 1.07. The molecule has 210 valence electrons. The molecule has 4 heteroatoms. The van der Waals surface area contributed by atoms with Crippen LogP contribution in [0.2, 0.25) is 0 Å². The Hall–Kier alpha value is -4.67. The van der Waals surface area contributed by atoms with Crippen LogP contribution in [0.4, 0.5) is 11.4 Å². The van der Waals surface area contributed by atoms with Gasteiger partial charge < -0.3 is 5.32 Å². The van der Waals surface area contributed by atoms with Gasteiger partial charge >= 0.3 is 0 Å². The van der Waals surface area contributed by atoms with Gasteiger partial charge in [-0.05, 0) is 78.6 Å². The molecule has 0 saturated carbocycles. The highest BCUT2D eigenvalue weighted by Crippen LogP contribution is 2.36. The molecule has 0 aliphatic heterocycles. The first-order chi connectivity index (χ1) is 20.6. The van der Waals surface area contributed by atoms with Gasteiger partial charge in [0.05, 0.1) is 23.2 Å². The van der Waals surface area contributed by atoms with Gasteiger partial charge in [-0.1, -0.05) is 99.3 Å². The van der Waals surface area contributed by atoms with E-state index in [1.54, 1.807) is 12.1 Å². The zero-order valence-corrected chi connectivity index (χ0v) is 25.5. The number of anilines is 2. The van der Waals surface area contributed by atoms with Crippen molar-refractivity contribution in [3.05, 3.63) is 157 Å². The standard InChI is InChI=1S/C36H31N3S.C2H6/c1-4-12-28(23-27(3)31-15-8-10-17-34(31)37-30-13-6-5-7-14-30)29-19-20-36-33(24-29)32-16-9-11-18-35(32)39(36)40-38-22-21-26(2)25-38;1-2/h4-25,37H,1H2,2-3H3;1-2H3/b27-23+,28-12+;. The fourth-order valence-corrected chi connectivity index (χ4v) is 6.12. The zero-order valence-electron chi connectivity index (χ0n) is 24.7. The number of benzene rings is 4. The monoisotopic (exact) mass is 567 g/mol. The van der Waals surface area contributed by atoms with Crippen molar-refractivity contribution in [1.82, 2.24) is 7.94 Å². The fourth-order valence-electron chi connectivity index (χ4n) is 5.11. The third kappa shape index (κ3) is 6.14. The lowest BCUT2D eigenvalue weighted by atomic mass is 9.97. The first-order valence-electron chi connectivity index (χ1n) is 14.4. The molecule has 0 unspecified atom stereocenters. The van der Waals surface area contributed by atoms with Crippen LogP contribution >= 0.6 is 12.1 Å². The molecule has 4 aromatic carbocycles. The fraction of sp³-hybridized carbons (Fsp3) is 0.105. The molecular formula is C38H37N3S. The number of para-hydroxylation sites is 3. The Morgan fingerprint density at radius 3 is 2.29 bits per heavy atom. The largest absolute Gasteiger partial charge is 0.355 e. The van der Waals surface area contributed by atoms with E-state index in [0.29, 0.717) is 0 Å². The van der Waals surface area contributed by atoms with E-state index in [4.69, 9.17) is 0 Å². The third-order valence-electron chi connectivity index (χ3n) is 7.03. The molecule has 6 aromatic rings. The Morgan fingerprint density at radius 2 is 1.52 bits per heavy atom. The molecule has 6 rings (SSSR count). The van der Waals surface area contributed by atoms with Gasteiger partial charge in [-0.3, -0.25) is 7.94 Å². The number of hydrogen-bond donors (Lipinski definition) is 1. The van der Waals surface area contributed by atoms with E-state index in [-0.39, 0.29) is 0 Å². The molecular weight excluding hydrogens is 531 g/mol. The summed E-state index contributed by atoms with van der Waals surface area (Å²) in [7, 11) is 0. The summed E-state index contributed by atoms with van der Waals surface area (Å²) in [5, 5.41) is 6.05. The maximum absolute atomic E-state index is 4.02. The lowest BCUT2D eigenvalue weighted by Crippen LogP contribution is -1.95. The molecule has 0 saturated heterocycles. The Labute approximate surface area is 253 Å². The predicted molar refractivity (Wildman–Crippen MR) is 186 cm³/mol. The van der Waals surface area contributed by atoms with Crippen LogP contribution in [0.25, 0.3) is 33.0 Å². The molecule has 3 nitrogen and oxygen atoms in total. The van der Waals surface area contributed by atoms with Crippen molar-refractivity contribution in [2.45, 2.75) is 27.7 Å². The highest BCUT2D eigenvalue weighted by molar-refractivity contribution is 7.96. The maximum Gasteiger partial charge on any atom is 0.0805 e. The Balaban J connectivity index is 0.00000173. The van der Waals surface area contributed by atoms with E-state index in [9.17, 15) is 0 Å². The number of aromatic nitrogens is 2. The molecule has 0 bridgehead atoms. The zero-order chi connectivity index (χ0) is 29.5. The van der Waals surface area contributed by atoms with Crippen LogP contribution in [0.3, 0.4) is 0 Å². The van der Waals surface area contributed by atoms with E-state index < -0.39 is 0 Å². The van der Waals surface area contributed by atoms with Crippen LogP contribution < -0.4 is 5.32 Å². The molecule has 2 heterocycles.